The van der Waals surface area contributed by atoms with E-state index in [1.54, 1.807) is 11.3 Å². The summed E-state index contributed by atoms with van der Waals surface area (Å²) in [6, 6.07) is 6.22. The highest BCUT2D eigenvalue weighted by molar-refractivity contribution is 7.18. The molecule has 1 aliphatic rings. The summed E-state index contributed by atoms with van der Waals surface area (Å²) in [7, 11) is 0. The molecule has 3 aromatic rings. The number of anilines is 1. The average Bonchev–Trinajstić information content (AvgIpc) is 3.27. The maximum absolute atomic E-state index is 12.8. The number of carbonyl (C=O) groups is 1. The summed E-state index contributed by atoms with van der Waals surface area (Å²) in [4.78, 5) is 23.8. The van der Waals surface area contributed by atoms with Gasteiger partial charge in [0.15, 0.2) is 6.61 Å². The Morgan fingerprint density at radius 2 is 1.86 bits per heavy atom. The van der Waals surface area contributed by atoms with Crippen molar-refractivity contribution in [3.63, 3.8) is 0 Å². The van der Waals surface area contributed by atoms with Crippen LogP contribution in [0.4, 0.5) is 5.69 Å². The van der Waals surface area contributed by atoms with E-state index in [1.165, 1.54) is 16.8 Å². The lowest BCUT2D eigenvalue weighted by Gasteiger charge is -2.20. The number of amides is 1. The fourth-order valence-corrected chi connectivity index (χ4v) is 5.23. The number of nitrogens with one attached hydrogen (secondary N) is 1. The Bertz CT molecular complexity index is 1030. The number of hydrogen-bond acceptors (Lipinski definition) is 5. The molecule has 0 saturated heterocycles. The number of para-hydroxylation sites is 1. The Balaban J connectivity index is 1.54. The zero-order chi connectivity index (χ0) is 20.5. The second kappa shape index (κ2) is 8.11. The molecule has 5 nitrogen and oxygen atoms in total. The zero-order valence-corrected chi connectivity index (χ0v) is 18.2. The molecule has 0 saturated carbocycles. The summed E-state index contributed by atoms with van der Waals surface area (Å²) in [6.45, 7) is 8.49. The van der Waals surface area contributed by atoms with E-state index in [1.807, 2.05) is 0 Å². The molecule has 0 radical (unpaired) electrons. The van der Waals surface area contributed by atoms with Crippen molar-refractivity contribution in [3.05, 3.63) is 46.1 Å². The van der Waals surface area contributed by atoms with E-state index < -0.39 is 0 Å². The molecule has 1 aromatic carbocycles. The number of aromatic nitrogens is 2. The summed E-state index contributed by atoms with van der Waals surface area (Å²) >= 11 is 1.72. The molecule has 0 atom stereocenters. The van der Waals surface area contributed by atoms with E-state index in [0.717, 1.165) is 46.3 Å². The van der Waals surface area contributed by atoms with Gasteiger partial charge in [0.1, 0.15) is 11.2 Å². The fourth-order valence-electron chi connectivity index (χ4n) is 4.01. The topological polar surface area (TPSA) is 64.1 Å². The first-order valence-corrected chi connectivity index (χ1v) is 11.1. The Morgan fingerprint density at radius 1 is 1.14 bits per heavy atom. The first kappa shape index (κ1) is 19.8. The third-order valence-electron chi connectivity index (χ3n) is 5.44. The van der Waals surface area contributed by atoms with Crippen LogP contribution in [0.25, 0.3) is 10.2 Å². The van der Waals surface area contributed by atoms with E-state index in [4.69, 9.17) is 4.74 Å². The smallest absolute Gasteiger partial charge is 0.262 e. The minimum Gasteiger partial charge on any atom is -0.467 e. The van der Waals surface area contributed by atoms with E-state index in [-0.39, 0.29) is 12.5 Å². The third-order valence-corrected chi connectivity index (χ3v) is 6.64. The molecule has 6 heteroatoms. The molecule has 1 N–H and O–H groups in total. The third kappa shape index (κ3) is 3.86. The van der Waals surface area contributed by atoms with Gasteiger partial charge in [-0.2, -0.15) is 0 Å². The minimum atomic E-state index is -0.168. The molecule has 1 amide bonds. The monoisotopic (exact) mass is 409 g/mol. The maximum atomic E-state index is 12.8. The Morgan fingerprint density at radius 3 is 2.55 bits per heavy atom. The van der Waals surface area contributed by atoms with Gasteiger partial charge in [-0.05, 0) is 47.8 Å². The van der Waals surface area contributed by atoms with Gasteiger partial charge in [0.05, 0.1) is 5.39 Å². The van der Waals surface area contributed by atoms with Crippen molar-refractivity contribution < 1.29 is 9.53 Å². The standard InChI is InChI=1S/C23H27N3O2S/c1-13(2)15-7-5-8-16(14(3)4)21(15)26-19(27)11-28-22-20-17-9-6-10-18(17)29-23(20)25-12-24-22/h5,7-8,12-14H,6,9-11H2,1-4H3,(H,26,27). The second-order valence-corrected chi connectivity index (χ2v) is 9.26. The first-order valence-electron chi connectivity index (χ1n) is 10.3. The molecular formula is C23H27N3O2S. The highest BCUT2D eigenvalue weighted by Crippen LogP contribution is 2.40. The van der Waals surface area contributed by atoms with Gasteiger partial charge in [-0.3, -0.25) is 4.79 Å². The number of hydrogen-bond donors (Lipinski definition) is 1. The van der Waals surface area contributed by atoms with Gasteiger partial charge in [0, 0.05) is 10.6 Å². The van der Waals surface area contributed by atoms with Gasteiger partial charge >= 0.3 is 0 Å². The predicted molar refractivity (Wildman–Crippen MR) is 118 cm³/mol. The normalized spacial score (nSPS) is 13.3. The van der Waals surface area contributed by atoms with Crippen LogP contribution in [0.15, 0.2) is 24.5 Å². The van der Waals surface area contributed by atoms with Crippen LogP contribution in [0, 0.1) is 0 Å². The molecule has 0 spiro atoms. The number of rotatable bonds is 6. The number of nitrogens with zero attached hydrogens (tertiary/aromatic N) is 2. The van der Waals surface area contributed by atoms with Crippen LogP contribution in [0.3, 0.4) is 0 Å². The Labute approximate surface area is 175 Å². The van der Waals surface area contributed by atoms with Crippen molar-refractivity contribution in [1.82, 2.24) is 9.97 Å². The highest BCUT2D eigenvalue weighted by Gasteiger charge is 2.22. The van der Waals surface area contributed by atoms with Gasteiger partial charge in [-0.25, -0.2) is 9.97 Å². The SMILES string of the molecule is CC(C)c1cccc(C(C)C)c1NC(=O)COc1ncnc2sc3c(c12)CCC3. The predicted octanol–water partition coefficient (Wildman–Crippen LogP) is 5.44. The quantitative estimate of drug-likeness (QED) is 0.588. The van der Waals surface area contributed by atoms with E-state index >= 15 is 0 Å². The molecule has 29 heavy (non-hydrogen) atoms. The van der Waals surface area contributed by atoms with Crippen molar-refractivity contribution in [2.24, 2.45) is 0 Å². The molecular weight excluding hydrogens is 382 g/mol. The number of benzene rings is 1. The largest absolute Gasteiger partial charge is 0.467 e. The number of ether oxygens (including phenoxy) is 1. The number of carbonyl (C=O) groups excluding carboxylic acids is 1. The van der Waals surface area contributed by atoms with Crippen LogP contribution < -0.4 is 10.1 Å². The van der Waals surface area contributed by atoms with Gasteiger partial charge in [0.2, 0.25) is 5.88 Å². The van der Waals surface area contributed by atoms with Gasteiger partial charge in [-0.15, -0.1) is 11.3 Å². The number of aryl methyl sites for hydroxylation is 2. The van der Waals surface area contributed by atoms with Crippen LogP contribution in [-0.4, -0.2) is 22.5 Å². The molecule has 0 bridgehead atoms. The molecule has 152 valence electrons. The highest BCUT2D eigenvalue weighted by atomic mass is 32.1. The zero-order valence-electron chi connectivity index (χ0n) is 17.4. The van der Waals surface area contributed by atoms with E-state index in [0.29, 0.717) is 17.7 Å². The number of fused-ring (bicyclic) bond motifs is 3. The van der Waals surface area contributed by atoms with Crippen molar-refractivity contribution in [2.45, 2.75) is 58.8 Å². The summed E-state index contributed by atoms with van der Waals surface area (Å²) in [6.07, 6.45) is 4.81. The molecule has 0 aliphatic heterocycles. The molecule has 0 fully saturated rings. The van der Waals surface area contributed by atoms with Crippen LogP contribution >= 0.6 is 11.3 Å². The molecule has 4 rings (SSSR count). The van der Waals surface area contributed by atoms with E-state index in [9.17, 15) is 4.79 Å². The summed E-state index contributed by atoms with van der Waals surface area (Å²) in [5, 5.41) is 4.09. The minimum absolute atomic E-state index is 0.0688. The first-order chi connectivity index (χ1) is 14.0. The van der Waals surface area contributed by atoms with E-state index in [2.05, 4.69) is 61.2 Å². The Hall–Kier alpha value is -2.47. The van der Waals surface area contributed by atoms with Gasteiger partial charge < -0.3 is 10.1 Å². The van der Waals surface area contributed by atoms with Crippen molar-refractivity contribution >= 4 is 33.1 Å². The fraction of sp³-hybridized carbons (Fsp3) is 0.435. The molecule has 0 unspecified atom stereocenters. The molecule has 1 aliphatic carbocycles. The van der Waals surface area contributed by atoms with Crippen molar-refractivity contribution in [1.29, 1.82) is 0 Å². The van der Waals surface area contributed by atoms with Crippen LogP contribution in [-0.2, 0) is 17.6 Å². The lowest BCUT2D eigenvalue weighted by atomic mass is 9.92. The lowest BCUT2D eigenvalue weighted by molar-refractivity contribution is -0.118. The molecule has 2 aromatic heterocycles. The van der Waals surface area contributed by atoms with Crippen LogP contribution in [0.2, 0.25) is 0 Å². The summed E-state index contributed by atoms with van der Waals surface area (Å²) in [5.74, 6) is 0.990. The van der Waals surface area contributed by atoms with Crippen LogP contribution in [0.5, 0.6) is 5.88 Å². The van der Waals surface area contributed by atoms with Crippen molar-refractivity contribution in [3.8, 4) is 5.88 Å². The van der Waals surface area contributed by atoms with Crippen molar-refractivity contribution in [2.75, 3.05) is 11.9 Å². The average molecular weight is 410 g/mol. The van der Waals surface area contributed by atoms with Crippen LogP contribution in [0.1, 0.15) is 67.5 Å². The van der Waals surface area contributed by atoms with Gasteiger partial charge in [-0.1, -0.05) is 45.9 Å². The number of thiophene rings is 1. The summed E-state index contributed by atoms with van der Waals surface area (Å²) < 4.78 is 5.88. The summed E-state index contributed by atoms with van der Waals surface area (Å²) in [5.41, 5.74) is 4.50. The molecule has 2 heterocycles. The lowest BCUT2D eigenvalue weighted by Crippen LogP contribution is -2.22. The maximum Gasteiger partial charge on any atom is 0.262 e. The van der Waals surface area contributed by atoms with Gasteiger partial charge in [0.25, 0.3) is 5.91 Å². The second-order valence-electron chi connectivity index (χ2n) is 8.17. The Kier molecular flexibility index (Phi) is 5.54.